The molecular weight excluding hydrogens is 636 g/mol. The normalized spacial score (nSPS) is 18.1. The van der Waals surface area contributed by atoms with E-state index in [2.05, 4.69) is 23.4 Å². The second kappa shape index (κ2) is 13.5. The molecule has 4 aromatic rings. The van der Waals surface area contributed by atoms with Crippen molar-refractivity contribution in [2.45, 2.75) is 35.2 Å². The highest BCUT2D eigenvalue weighted by molar-refractivity contribution is 7.91. The van der Waals surface area contributed by atoms with Crippen molar-refractivity contribution in [1.82, 2.24) is 23.8 Å². The van der Waals surface area contributed by atoms with Crippen LogP contribution < -0.4 is 5.69 Å². The Morgan fingerprint density at radius 2 is 1.60 bits per heavy atom. The molecule has 2 fully saturated rings. The van der Waals surface area contributed by atoms with Crippen LogP contribution in [0.3, 0.4) is 0 Å². The van der Waals surface area contributed by atoms with Crippen molar-refractivity contribution in [3.8, 4) is 6.07 Å². The van der Waals surface area contributed by atoms with E-state index in [4.69, 9.17) is 11.6 Å². The third-order valence-electron chi connectivity index (χ3n) is 9.39. The highest BCUT2D eigenvalue weighted by atomic mass is 35.5. The maximum atomic E-state index is 14.6. The van der Waals surface area contributed by atoms with Gasteiger partial charge in [-0.15, -0.1) is 0 Å². The maximum Gasteiger partial charge on any atom is 0.331 e. The molecule has 47 heavy (non-hydrogen) atoms. The lowest BCUT2D eigenvalue weighted by Crippen LogP contribution is -2.55. The Morgan fingerprint density at radius 1 is 0.936 bits per heavy atom. The van der Waals surface area contributed by atoms with Gasteiger partial charge in [0, 0.05) is 37.2 Å². The monoisotopic (exact) mass is 672 g/mol. The first-order valence-corrected chi connectivity index (χ1v) is 17.6. The predicted molar refractivity (Wildman–Crippen MR) is 182 cm³/mol. The Kier molecular flexibility index (Phi) is 9.39. The third-order valence-corrected chi connectivity index (χ3v) is 11.6. The van der Waals surface area contributed by atoms with Gasteiger partial charge in [-0.3, -0.25) is 18.8 Å². The molecule has 3 aromatic carbocycles. The Labute approximate surface area is 279 Å². The number of imidazole rings is 1. The Bertz CT molecular complexity index is 1990. The summed E-state index contributed by atoms with van der Waals surface area (Å²) in [6.07, 6.45) is 3.40. The van der Waals surface area contributed by atoms with E-state index in [1.54, 1.807) is 30.3 Å². The van der Waals surface area contributed by atoms with Crippen LogP contribution in [0.4, 0.5) is 0 Å². The van der Waals surface area contributed by atoms with Crippen molar-refractivity contribution in [3.63, 3.8) is 0 Å². The van der Waals surface area contributed by atoms with E-state index in [1.807, 2.05) is 29.2 Å². The SMILES string of the molecule is C=CC(n1c(=O)n(C(C(=O)N2CCN(C3CCN(C)CC3)CC2)c2ccccc2)c2cc(Cl)ccc21)S(=O)(=O)c1ccc(C#N)cc1. The number of hydrogen-bond donors (Lipinski definition) is 0. The maximum absolute atomic E-state index is 14.6. The summed E-state index contributed by atoms with van der Waals surface area (Å²) in [5.41, 5.74) is 0.843. The molecule has 2 aliphatic heterocycles. The van der Waals surface area contributed by atoms with Crippen LogP contribution in [0.25, 0.3) is 11.0 Å². The molecule has 0 saturated carbocycles. The summed E-state index contributed by atoms with van der Waals surface area (Å²) >= 11 is 6.46. The fraction of sp³-hybridized carbons (Fsp3) is 0.343. The van der Waals surface area contributed by atoms with E-state index in [-0.39, 0.29) is 10.8 Å². The van der Waals surface area contributed by atoms with Gasteiger partial charge in [-0.1, -0.05) is 54.6 Å². The number of piperidine rings is 1. The molecule has 0 N–H and O–H groups in total. The molecule has 0 radical (unpaired) electrons. The Balaban J connectivity index is 1.43. The van der Waals surface area contributed by atoms with Crippen LogP contribution in [-0.4, -0.2) is 90.5 Å². The molecule has 0 bridgehead atoms. The lowest BCUT2D eigenvalue weighted by Gasteiger charge is -2.42. The Hall–Kier alpha value is -4.21. The number of likely N-dealkylation sites (tertiary alicyclic amines) is 1. The van der Waals surface area contributed by atoms with Crippen LogP contribution in [0.15, 0.2) is 95.1 Å². The second-order valence-electron chi connectivity index (χ2n) is 12.2. The molecule has 2 atom stereocenters. The zero-order valence-electron chi connectivity index (χ0n) is 26.2. The average Bonchev–Trinajstić information content (AvgIpc) is 3.36. The van der Waals surface area contributed by atoms with Gasteiger partial charge < -0.3 is 9.80 Å². The van der Waals surface area contributed by atoms with Crippen molar-refractivity contribution < 1.29 is 13.2 Å². The summed E-state index contributed by atoms with van der Waals surface area (Å²) in [4.78, 5) is 35.7. The highest BCUT2D eigenvalue weighted by Crippen LogP contribution is 2.32. The van der Waals surface area contributed by atoms with Crippen molar-refractivity contribution in [2.24, 2.45) is 0 Å². The number of rotatable bonds is 8. The summed E-state index contributed by atoms with van der Waals surface area (Å²) in [6, 6.07) is 20.7. The standard InChI is InChI=1S/C35H37ClN6O4S/c1-3-32(47(45,46)29-12-9-25(24-37)10-13-29)41-30-14-11-27(36)23-31(30)42(35(41)44)33(26-7-5-4-6-8-26)34(43)40-21-19-39(20-22-40)28-15-17-38(2)18-16-28/h3-14,23,28,32-33H,1,15-22H2,2H3. The molecule has 6 rings (SSSR count). The van der Waals surface area contributed by atoms with E-state index < -0.39 is 26.9 Å². The minimum atomic E-state index is -4.21. The first-order valence-electron chi connectivity index (χ1n) is 15.7. The zero-order chi connectivity index (χ0) is 33.3. The number of sulfone groups is 1. The summed E-state index contributed by atoms with van der Waals surface area (Å²) < 4.78 is 30.5. The summed E-state index contributed by atoms with van der Waals surface area (Å²) in [6.45, 7) is 8.43. The van der Waals surface area contributed by atoms with Crippen molar-refractivity contribution in [1.29, 1.82) is 5.26 Å². The molecule has 12 heteroatoms. The molecule has 244 valence electrons. The summed E-state index contributed by atoms with van der Waals surface area (Å²) in [5.74, 6) is -0.245. The van der Waals surface area contributed by atoms with E-state index in [1.165, 1.54) is 34.9 Å². The fourth-order valence-corrected chi connectivity index (χ4v) is 8.51. The van der Waals surface area contributed by atoms with E-state index in [0.717, 1.165) is 43.6 Å². The number of nitriles is 1. The summed E-state index contributed by atoms with van der Waals surface area (Å²) in [7, 11) is -2.06. The summed E-state index contributed by atoms with van der Waals surface area (Å²) in [5, 5.41) is 8.03. The van der Waals surface area contributed by atoms with Gasteiger partial charge in [0.1, 0.15) is 6.04 Å². The number of carbonyl (C=O) groups is 1. The average molecular weight is 673 g/mol. The first-order chi connectivity index (χ1) is 22.6. The molecule has 0 aliphatic carbocycles. The lowest BCUT2D eigenvalue weighted by atomic mass is 10.0. The van der Waals surface area contributed by atoms with E-state index >= 15 is 0 Å². The minimum absolute atomic E-state index is 0.0682. The third kappa shape index (κ3) is 6.26. The molecular formula is C35H37ClN6O4S. The lowest BCUT2D eigenvalue weighted by molar-refractivity contribution is -0.135. The minimum Gasteiger partial charge on any atom is -0.338 e. The number of carbonyl (C=O) groups excluding carboxylic acids is 1. The number of benzene rings is 3. The number of piperazine rings is 1. The van der Waals surface area contributed by atoms with Gasteiger partial charge >= 0.3 is 5.69 Å². The zero-order valence-corrected chi connectivity index (χ0v) is 27.8. The molecule has 1 aromatic heterocycles. The van der Waals surface area contributed by atoms with Crippen molar-refractivity contribution in [2.75, 3.05) is 46.3 Å². The molecule has 3 heterocycles. The fourth-order valence-electron chi connectivity index (χ4n) is 6.82. The molecule has 2 aliphatic rings. The number of hydrogen-bond acceptors (Lipinski definition) is 7. The largest absolute Gasteiger partial charge is 0.338 e. The van der Waals surface area contributed by atoms with Crippen molar-refractivity contribution in [3.05, 3.63) is 112 Å². The van der Waals surface area contributed by atoms with Crippen LogP contribution in [-0.2, 0) is 14.6 Å². The van der Waals surface area contributed by atoms with Gasteiger partial charge in [-0.2, -0.15) is 5.26 Å². The quantitative estimate of drug-likeness (QED) is 0.257. The highest BCUT2D eigenvalue weighted by Gasteiger charge is 2.37. The molecule has 1 amide bonds. The number of fused-ring (bicyclic) bond motifs is 1. The van der Waals surface area contributed by atoms with E-state index in [0.29, 0.717) is 46.3 Å². The topological polar surface area (TPSA) is 112 Å². The van der Waals surface area contributed by atoms with Gasteiger partial charge in [0.2, 0.25) is 9.84 Å². The van der Waals surface area contributed by atoms with Crippen LogP contribution in [0.1, 0.15) is 35.4 Å². The van der Waals surface area contributed by atoms with Gasteiger partial charge in [0.05, 0.1) is 27.6 Å². The van der Waals surface area contributed by atoms with Gasteiger partial charge in [-0.25, -0.2) is 13.2 Å². The Morgan fingerprint density at radius 3 is 2.21 bits per heavy atom. The number of halogens is 1. The van der Waals surface area contributed by atoms with Gasteiger partial charge in [0.15, 0.2) is 5.37 Å². The number of nitrogens with zero attached hydrogens (tertiary/aromatic N) is 6. The van der Waals surface area contributed by atoms with Crippen LogP contribution in [0.2, 0.25) is 5.02 Å². The smallest absolute Gasteiger partial charge is 0.331 e. The van der Waals surface area contributed by atoms with Gasteiger partial charge in [0.25, 0.3) is 5.91 Å². The molecule has 10 nitrogen and oxygen atoms in total. The van der Waals surface area contributed by atoms with Crippen LogP contribution >= 0.6 is 11.6 Å². The van der Waals surface area contributed by atoms with E-state index in [9.17, 15) is 23.3 Å². The number of aromatic nitrogens is 2. The molecule has 2 saturated heterocycles. The van der Waals surface area contributed by atoms with Crippen LogP contribution in [0.5, 0.6) is 0 Å². The van der Waals surface area contributed by atoms with Crippen LogP contribution in [0, 0.1) is 11.3 Å². The van der Waals surface area contributed by atoms with Gasteiger partial charge in [-0.05, 0) is 81.0 Å². The first kappa shape index (κ1) is 32.7. The molecule has 2 unspecified atom stereocenters. The predicted octanol–water partition coefficient (Wildman–Crippen LogP) is 4.31. The molecule has 0 spiro atoms. The second-order valence-corrected chi connectivity index (χ2v) is 14.7. The number of amides is 1. The van der Waals surface area contributed by atoms with Crippen molar-refractivity contribution >= 4 is 38.4 Å².